The number of rotatable bonds is 5. The van der Waals surface area contributed by atoms with Crippen molar-refractivity contribution in [2.75, 3.05) is 11.1 Å². The number of aromatic nitrogens is 3. The molecule has 3 rings (SSSR count). The summed E-state index contributed by atoms with van der Waals surface area (Å²) in [6.45, 7) is 0. The van der Waals surface area contributed by atoms with Gasteiger partial charge >= 0.3 is 0 Å². The van der Waals surface area contributed by atoms with Gasteiger partial charge in [-0.05, 0) is 24.3 Å². The van der Waals surface area contributed by atoms with E-state index in [0.29, 0.717) is 10.8 Å². The number of nitrogens with one attached hydrogen (secondary N) is 1. The summed E-state index contributed by atoms with van der Waals surface area (Å²) >= 11 is 1.26. The van der Waals surface area contributed by atoms with Crippen molar-refractivity contribution in [1.82, 2.24) is 14.6 Å². The van der Waals surface area contributed by atoms with Crippen LogP contribution in [0.4, 0.5) is 5.69 Å². The minimum atomic E-state index is -0.586. The Labute approximate surface area is 135 Å². The Morgan fingerprint density at radius 3 is 2.74 bits per heavy atom. The number of carbonyl (C=O) groups excluding carboxylic acids is 2. The number of para-hydroxylation sites is 1. The van der Waals surface area contributed by atoms with Crippen LogP contribution in [0.5, 0.6) is 0 Å². The van der Waals surface area contributed by atoms with Crippen LogP contribution in [0.3, 0.4) is 0 Å². The minimum absolute atomic E-state index is 0.142. The summed E-state index contributed by atoms with van der Waals surface area (Å²) in [7, 11) is 0. The van der Waals surface area contributed by atoms with E-state index in [1.54, 1.807) is 28.7 Å². The molecule has 0 saturated carbocycles. The number of hydrogen-bond donors (Lipinski definition) is 2. The molecule has 116 valence electrons. The van der Waals surface area contributed by atoms with Gasteiger partial charge in [0, 0.05) is 6.20 Å². The lowest BCUT2D eigenvalue weighted by molar-refractivity contribution is -0.113. The van der Waals surface area contributed by atoms with E-state index in [2.05, 4.69) is 15.5 Å². The van der Waals surface area contributed by atoms with Gasteiger partial charge < -0.3 is 11.1 Å². The number of hydrogen-bond acceptors (Lipinski definition) is 5. The van der Waals surface area contributed by atoms with E-state index >= 15 is 0 Å². The first-order chi connectivity index (χ1) is 11.1. The maximum atomic E-state index is 12.1. The summed E-state index contributed by atoms with van der Waals surface area (Å²) < 4.78 is 1.80. The Kier molecular flexibility index (Phi) is 4.24. The summed E-state index contributed by atoms with van der Waals surface area (Å²) in [5.41, 5.74) is 6.68. The van der Waals surface area contributed by atoms with Crippen LogP contribution in [0.2, 0.25) is 0 Å². The number of anilines is 1. The van der Waals surface area contributed by atoms with Gasteiger partial charge in [0.15, 0.2) is 10.8 Å². The SMILES string of the molecule is NC(=O)c1ccccc1NC(=O)CSc1nnc2ccccn12. The van der Waals surface area contributed by atoms with Crippen molar-refractivity contribution in [3.05, 3.63) is 54.2 Å². The first-order valence-electron chi connectivity index (χ1n) is 6.76. The molecule has 0 aliphatic carbocycles. The normalized spacial score (nSPS) is 10.6. The van der Waals surface area contributed by atoms with Gasteiger partial charge in [-0.3, -0.25) is 14.0 Å². The molecule has 0 aliphatic rings. The van der Waals surface area contributed by atoms with Crippen LogP contribution < -0.4 is 11.1 Å². The maximum Gasteiger partial charge on any atom is 0.250 e. The third kappa shape index (κ3) is 3.32. The molecule has 7 nitrogen and oxygen atoms in total. The molecule has 3 aromatic rings. The molecule has 2 aromatic heterocycles. The lowest BCUT2D eigenvalue weighted by atomic mass is 10.1. The van der Waals surface area contributed by atoms with Gasteiger partial charge in [-0.15, -0.1) is 10.2 Å². The van der Waals surface area contributed by atoms with Crippen molar-refractivity contribution < 1.29 is 9.59 Å². The fourth-order valence-corrected chi connectivity index (χ4v) is 2.77. The predicted molar refractivity (Wildman–Crippen MR) is 87.3 cm³/mol. The summed E-state index contributed by atoms with van der Waals surface area (Å²) in [4.78, 5) is 23.4. The van der Waals surface area contributed by atoms with E-state index < -0.39 is 5.91 Å². The Balaban J connectivity index is 1.68. The number of fused-ring (bicyclic) bond motifs is 1. The monoisotopic (exact) mass is 327 g/mol. The van der Waals surface area contributed by atoms with Gasteiger partial charge in [-0.25, -0.2) is 0 Å². The molecule has 2 amide bonds. The first kappa shape index (κ1) is 15.0. The number of nitrogens with zero attached hydrogens (tertiary/aromatic N) is 3. The Morgan fingerprint density at radius 2 is 1.91 bits per heavy atom. The molecule has 2 heterocycles. The van der Waals surface area contributed by atoms with Crippen molar-refractivity contribution in [2.24, 2.45) is 5.73 Å². The highest BCUT2D eigenvalue weighted by molar-refractivity contribution is 7.99. The van der Waals surface area contributed by atoms with Crippen molar-refractivity contribution in [3.8, 4) is 0 Å². The van der Waals surface area contributed by atoms with Crippen LogP contribution in [0.1, 0.15) is 10.4 Å². The van der Waals surface area contributed by atoms with Crippen molar-refractivity contribution in [3.63, 3.8) is 0 Å². The van der Waals surface area contributed by atoms with E-state index in [4.69, 9.17) is 5.73 Å². The highest BCUT2D eigenvalue weighted by Crippen LogP contribution is 2.18. The maximum absolute atomic E-state index is 12.1. The highest BCUT2D eigenvalue weighted by atomic mass is 32.2. The lowest BCUT2D eigenvalue weighted by Gasteiger charge is -2.08. The number of benzene rings is 1. The van der Waals surface area contributed by atoms with E-state index in [1.807, 2.05) is 24.4 Å². The molecule has 0 saturated heterocycles. The molecule has 0 fully saturated rings. The molecular formula is C15H13N5O2S. The van der Waals surface area contributed by atoms with Crippen molar-refractivity contribution in [1.29, 1.82) is 0 Å². The topological polar surface area (TPSA) is 102 Å². The molecular weight excluding hydrogens is 314 g/mol. The van der Waals surface area contributed by atoms with Crippen LogP contribution in [-0.4, -0.2) is 32.2 Å². The van der Waals surface area contributed by atoms with Gasteiger partial charge in [0.25, 0.3) is 5.91 Å². The van der Waals surface area contributed by atoms with E-state index in [0.717, 1.165) is 5.65 Å². The molecule has 1 aromatic carbocycles. The lowest BCUT2D eigenvalue weighted by Crippen LogP contribution is -2.19. The van der Waals surface area contributed by atoms with Crippen molar-refractivity contribution in [2.45, 2.75) is 5.16 Å². The largest absolute Gasteiger partial charge is 0.366 e. The summed E-state index contributed by atoms with van der Waals surface area (Å²) in [5, 5.41) is 11.4. The van der Waals surface area contributed by atoms with Crippen LogP contribution in [0.25, 0.3) is 5.65 Å². The Bertz CT molecular complexity index is 877. The Morgan fingerprint density at radius 1 is 1.13 bits per heavy atom. The minimum Gasteiger partial charge on any atom is -0.366 e. The molecule has 0 spiro atoms. The number of pyridine rings is 1. The first-order valence-corrected chi connectivity index (χ1v) is 7.75. The second kappa shape index (κ2) is 6.49. The second-order valence-corrected chi connectivity index (χ2v) is 5.60. The summed E-state index contributed by atoms with van der Waals surface area (Å²) in [5.74, 6) is -0.698. The van der Waals surface area contributed by atoms with Gasteiger partial charge in [-0.2, -0.15) is 0 Å². The fourth-order valence-electron chi connectivity index (χ4n) is 2.04. The number of thioether (sulfide) groups is 1. The number of amides is 2. The molecule has 0 atom stereocenters. The third-order valence-corrected chi connectivity index (χ3v) is 4.02. The van der Waals surface area contributed by atoms with Gasteiger partial charge in [-0.1, -0.05) is 30.0 Å². The molecule has 23 heavy (non-hydrogen) atoms. The predicted octanol–water partition coefficient (Wildman–Crippen LogP) is 1.56. The number of nitrogens with two attached hydrogens (primary N) is 1. The zero-order chi connectivity index (χ0) is 16.2. The van der Waals surface area contributed by atoms with E-state index in [1.165, 1.54) is 11.8 Å². The molecule has 0 radical (unpaired) electrons. The zero-order valence-electron chi connectivity index (χ0n) is 12.0. The molecule has 0 bridgehead atoms. The third-order valence-electron chi connectivity index (χ3n) is 3.08. The summed E-state index contributed by atoms with van der Waals surface area (Å²) in [6, 6.07) is 12.2. The summed E-state index contributed by atoms with van der Waals surface area (Å²) in [6.07, 6.45) is 1.83. The van der Waals surface area contributed by atoms with E-state index in [-0.39, 0.29) is 17.2 Å². The quantitative estimate of drug-likeness (QED) is 0.692. The average Bonchev–Trinajstić information content (AvgIpc) is 2.96. The smallest absolute Gasteiger partial charge is 0.250 e. The molecule has 8 heteroatoms. The Hall–Kier alpha value is -2.87. The zero-order valence-corrected chi connectivity index (χ0v) is 12.8. The standard InChI is InChI=1S/C15H13N5O2S/c16-14(22)10-5-1-2-6-11(10)17-13(21)9-23-15-19-18-12-7-3-4-8-20(12)15/h1-8H,9H2,(H2,16,22)(H,17,21). The van der Waals surface area contributed by atoms with Crippen LogP contribution in [0.15, 0.2) is 53.8 Å². The van der Waals surface area contributed by atoms with Crippen LogP contribution >= 0.6 is 11.8 Å². The van der Waals surface area contributed by atoms with Gasteiger partial charge in [0.05, 0.1) is 17.0 Å². The number of carbonyl (C=O) groups is 2. The number of primary amides is 1. The fraction of sp³-hybridized carbons (Fsp3) is 0.0667. The second-order valence-electron chi connectivity index (χ2n) is 4.66. The van der Waals surface area contributed by atoms with E-state index in [9.17, 15) is 9.59 Å². The van der Waals surface area contributed by atoms with Gasteiger partial charge in [0.2, 0.25) is 5.91 Å². The van der Waals surface area contributed by atoms with Crippen LogP contribution in [0, 0.1) is 0 Å². The molecule has 3 N–H and O–H groups in total. The molecule has 0 unspecified atom stereocenters. The van der Waals surface area contributed by atoms with Gasteiger partial charge in [0.1, 0.15) is 0 Å². The average molecular weight is 327 g/mol. The van der Waals surface area contributed by atoms with Crippen molar-refractivity contribution >= 4 is 34.9 Å². The highest BCUT2D eigenvalue weighted by Gasteiger charge is 2.12. The molecule has 0 aliphatic heterocycles. The van der Waals surface area contributed by atoms with Crippen LogP contribution in [-0.2, 0) is 4.79 Å².